The molecule has 2 aliphatic rings. The molecular weight excluding hydrogens is 248 g/mol. The van der Waals surface area contributed by atoms with E-state index in [1.165, 1.54) is 25.7 Å². The minimum Gasteiger partial charge on any atom is -0.317 e. The van der Waals surface area contributed by atoms with Crippen molar-refractivity contribution in [3.05, 3.63) is 0 Å². The summed E-state index contributed by atoms with van der Waals surface area (Å²) in [4.78, 5) is 2.38. The van der Waals surface area contributed by atoms with E-state index in [4.69, 9.17) is 0 Å². The summed E-state index contributed by atoms with van der Waals surface area (Å²) in [6, 6.07) is 0. The molecule has 18 heavy (non-hydrogen) atoms. The number of rotatable bonds is 4. The zero-order valence-electron chi connectivity index (χ0n) is 11.5. The maximum absolute atomic E-state index is 11.5. The third-order valence-electron chi connectivity index (χ3n) is 4.44. The molecule has 2 fully saturated rings. The molecule has 0 saturated carbocycles. The van der Waals surface area contributed by atoms with Crippen molar-refractivity contribution in [3.8, 4) is 0 Å². The third kappa shape index (κ3) is 3.68. The van der Waals surface area contributed by atoms with Gasteiger partial charge in [-0.05, 0) is 37.8 Å². The van der Waals surface area contributed by atoms with Gasteiger partial charge in [0, 0.05) is 19.6 Å². The van der Waals surface area contributed by atoms with Crippen molar-refractivity contribution in [1.29, 1.82) is 0 Å². The highest BCUT2D eigenvalue weighted by Crippen LogP contribution is 2.35. The quantitative estimate of drug-likeness (QED) is 0.827. The topological polar surface area (TPSA) is 49.4 Å². The first kappa shape index (κ1) is 14.3. The number of nitrogens with zero attached hydrogens (tertiary/aromatic N) is 1. The maximum Gasteiger partial charge on any atom is 0.152 e. The van der Waals surface area contributed by atoms with E-state index in [1.54, 1.807) is 0 Å². The SMILES string of the molecule is CCCC1(CN2CCS(=O)(=O)CC2)CCNCC1. The van der Waals surface area contributed by atoms with Crippen molar-refractivity contribution in [2.24, 2.45) is 5.41 Å². The van der Waals surface area contributed by atoms with Gasteiger partial charge in [0.15, 0.2) is 9.84 Å². The van der Waals surface area contributed by atoms with Crippen LogP contribution in [0.15, 0.2) is 0 Å². The summed E-state index contributed by atoms with van der Waals surface area (Å²) in [6.45, 7) is 7.06. The Morgan fingerprint density at radius 1 is 1.17 bits per heavy atom. The maximum atomic E-state index is 11.5. The largest absolute Gasteiger partial charge is 0.317 e. The molecule has 0 bridgehead atoms. The summed E-state index contributed by atoms with van der Waals surface area (Å²) >= 11 is 0. The molecule has 0 aromatic rings. The predicted molar refractivity (Wildman–Crippen MR) is 74.5 cm³/mol. The summed E-state index contributed by atoms with van der Waals surface area (Å²) in [7, 11) is -2.74. The van der Waals surface area contributed by atoms with Crippen LogP contribution in [0.5, 0.6) is 0 Å². The Morgan fingerprint density at radius 3 is 2.33 bits per heavy atom. The van der Waals surface area contributed by atoms with Gasteiger partial charge < -0.3 is 10.2 Å². The van der Waals surface area contributed by atoms with E-state index in [9.17, 15) is 8.42 Å². The third-order valence-corrected chi connectivity index (χ3v) is 6.05. The Balaban J connectivity index is 1.93. The van der Waals surface area contributed by atoms with Gasteiger partial charge in [-0.2, -0.15) is 0 Å². The second-order valence-electron chi connectivity index (χ2n) is 5.93. The minimum absolute atomic E-state index is 0.355. The fourth-order valence-corrected chi connectivity index (χ4v) is 4.63. The Kier molecular flexibility index (Phi) is 4.67. The van der Waals surface area contributed by atoms with Crippen LogP contribution >= 0.6 is 0 Å². The van der Waals surface area contributed by atoms with Crippen molar-refractivity contribution in [1.82, 2.24) is 10.2 Å². The van der Waals surface area contributed by atoms with Crippen LogP contribution in [0.2, 0.25) is 0 Å². The Bertz CT molecular complexity index is 342. The molecule has 0 atom stereocenters. The molecule has 1 N–H and O–H groups in total. The van der Waals surface area contributed by atoms with E-state index in [2.05, 4.69) is 17.1 Å². The average molecular weight is 274 g/mol. The van der Waals surface area contributed by atoms with Crippen LogP contribution in [0.1, 0.15) is 32.6 Å². The summed E-state index contributed by atoms with van der Waals surface area (Å²) in [6.07, 6.45) is 4.98. The second-order valence-corrected chi connectivity index (χ2v) is 8.23. The highest BCUT2D eigenvalue weighted by atomic mass is 32.2. The molecule has 2 saturated heterocycles. The summed E-state index contributed by atoms with van der Waals surface area (Å²) in [5.74, 6) is 0.709. The van der Waals surface area contributed by atoms with Gasteiger partial charge in [0.25, 0.3) is 0 Å². The molecule has 2 aliphatic heterocycles. The smallest absolute Gasteiger partial charge is 0.152 e. The van der Waals surface area contributed by atoms with Crippen molar-refractivity contribution < 1.29 is 8.42 Å². The second kappa shape index (κ2) is 5.88. The molecule has 0 amide bonds. The first-order chi connectivity index (χ1) is 8.55. The highest BCUT2D eigenvalue weighted by molar-refractivity contribution is 7.91. The van der Waals surface area contributed by atoms with Crippen molar-refractivity contribution in [2.75, 3.05) is 44.2 Å². The van der Waals surface area contributed by atoms with Crippen LogP contribution in [0, 0.1) is 5.41 Å². The summed E-state index contributed by atoms with van der Waals surface area (Å²) in [5.41, 5.74) is 0.432. The van der Waals surface area contributed by atoms with Gasteiger partial charge in [0.1, 0.15) is 0 Å². The van der Waals surface area contributed by atoms with Gasteiger partial charge in [-0.15, -0.1) is 0 Å². The molecular formula is C13H26N2O2S. The fourth-order valence-electron chi connectivity index (χ4n) is 3.36. The van der Waals surface area contributed by atoms with Crippen LogP contribution in [0.3, 0.4) is 0 Å². The standard InChI is InChI=1S/C13H26N2O2S/c1-2-3-13(4-6-14-7-5-13)12-15-8-10-18(16,17)11-9-15/h14H,2-12H2,1H3. The van der Waals surface area contributed by atoms with Crippen LogP contribution in [0.4, 0.5) is 0 Å². The predicted octanol–water partition coefficient (Wildman–Crippen LogP) is 0.887. The molecule has 0 radical (unpaired) electrons. The van der Waals surface area contributed by atoms with Crippen LogP contribution in [-0.4, -0.2) is 57.5 Å². The number of hydrogen-bond donors (Lipinski definition) is 1. The lowest BCUT2D eigenvalue weighted by atomic mass is 9.75. The highest BCUT2D eigenvalue weighted by Gasteiger charge is 2.34. The van der Waals surface area contributed by atoms with Gasteiger partial charge in [-0.3, -0.25) is 0 Å². The number of sulfone groups is 1. The van der Waals surface area contributed by atoms with Gasteiger partial charge >= 0.3 is 0 Å². The van der Waals surface area contributed by atoms with E-state index in [-0.39, 0.29) is 0 Å². The van der Waals surface area contributed by atoms with E-state index >= 15 is 0 Å². The average Bonchev–Trinajstić information content (AvgIpc) is 2.34. The Hall–Kier alpha value is -0.130. The normalized spacial score (nSPS) is 28.1. The molecule has 0 aromatic carbocycles. The number of nitrogens with one attached hydrogen (secondary N) is 1. The zero-order valence-corrected chi connectivity index (χ0v) is 12.3. The summed E-state index contributed by atoms with van der Waals surface area (Å²) in [5, 5.41) is 3.43. The van der Waals surface area contributed by atoms with Crippen molar-refractivity contribution >= 4 is 9.84 Å². The lowest BCUT2D eigenvalue weighted by Crippen LogP contribution is -2.49. The van der Waals surface area contributed by atoms with Gasteiger partial charge in [0.2, 0.25) is 0 Å². The molecule has 5 heteroatoms. The molecule has 4 nitrogen and oxygen atoms in total. The van der Waals surface area contributed by atoms with E-state index < -0.39 is 9.84 Å². The molecule has 106 valence electrons. The van der Waals surface area contributed by atoms with E-state index in [0.29, 0.717) is 16.9 Å². The van der Waals surface area contributed by atoms with E-state index in [0.717, 1.165) is 32.7 Å². The lowest BCUT2D eigenvalue weighted by Gasteiger charge is -2.42. The first-order valence-corrected chi connectivity index (χ1v) is 9.01. The fraction of sp³-hybridized carbons (Fsp3) is 1.00. The number of piperidine rings is 1. The molecule has 2 heterocycles. The monoisotopic (exact) mass is 274 g/mol. The number of hydrogen-bond acceptors (Lipinski definition) is 4. The Morgan fingerprint density at radius 2 is 1.78 bits per heavy atom. The minimum atomic E-state index is -2.74. The van der Waals surface area contributed by atoms with Crippen LogP contribution in [0.25, 0.3) is 0 Å². The lowest BCUT2D eigenvalue weighted by molar-refractivity contribution is 0.106. The van der Waals surface area contributed by atoms with Gasteiger partial charge in [0.05, 0.1) is 11.5 Å². The van der Waals surface area contributed by atoms with Crippen molar-refractivity contribution in [3.63, 3.8) is 0 Å². The van der Waals surface area contributed by atoms with Crippen LogP contribution < -0.4 is 5.32 Å². The molecule has 2 rings (SSSR count). The zero-order chi connectivity index (χ0) is 13.1. The van der Waals surface area contributed by atoms with E-state index in [1.807, 2.05) is 0 Å². The van der Waals surface area contributed by atoms with Crippen LogP contribution in [-0.2, 0) is 9.84 Å². The molecule has 0 spiro atoms. The summed E-state index contributed by atoms with van der Waals surface area (Å²) < 4.78 is 22.9. The molecule has 0 aromatic heterocycles. The van der Waals surface area contributed by atoms with Crippen molar-refractivity contribution in [2.45, 2.75) is 32.6 Å². The molecule has 0 aliphatic carbocycles. The van der Waals surface area contributed by atoms with Gasteiger partial charge in [-0.25, -0.2) is 8.42 Å². The van der Waals surface area contributed by atoms with Gasteiger partial charge in [-0.1, -0.05) is 13.3 Å². The molecule has 0 unspecified atom stereocenters. The first-order valence-electron chi connectivity index (χ1n) is 7.19. The Labute approximate surface area is 111 Å².